The summed E-state index contributed by atoms with van der Waals surface area (Å²) in [6.07, 6.45) is 1.66. The highest BCUT2D eigenvalue weighted by Crippen LogP contribution is 2.17. The average molecular weight is 266 g/mol. The maximum atomic E-state index is 12.5. The van der Waals surface area contributed by atoms with Gasteiger partial charge in [-0.15, -0.1) is 0 Å². The molecule has 0 spiro atoms. The van der Waals surface area contributed by atoms with Gasteiger partial charge in [0.05, 0.1) is 0 Å². The van der Waals surface area contributed by atoms with Crippen LogP contribution in [0.1, 0.15) is 25.0 Å². The maximum absolute atomic E-state index is 12.5. The second kappa shape index (κ2) is 7.04. The largest absolute Gasteiger partial charge is 0.299 e. The number of rotatable bonds is 6. The summed E-state index contributed by atoms with van der Waals surface area (Å²) in [6, 6.07) is 20.5. The van der Waals surface area contributed by atoms with E-state index in [1.807, 2.05) is 50.2 Å². The summed E-state index contributed by atoms with van der Waals surface area (Å²) < 4.78 is 0. The maximum Gasteiger partial charge on any atom is 0.139 e. The summed E-state index contributed by atoms with van der Waals surface area (Å²) in [4.78, 5) is 12.5. The van der Waals surface area contributed by atoms with Gasteiger partial charge in [-0.1, -0.05) is 74.5 Å². The monoisotopic (exact) mass is 266 g/mol. The fourth-order valence-electron chi connectivity index (χ4n) is 2.62. The van der Waals surface area contributed by atoms with Crippen molar-refractivity contribution in [1.82, 2.24) is 0 Å². The molecule has 0 heterocycles. The molecule has 2 rings (SSSR count). The predicted molar refractivity (Wildman–Crippen MR) is 83.6 cm³/mol. The van der Waals surface area contributed by atoms with Crippen molar-refractivity contribution < 1.29 is 4.79 Å². The predicted octanol–water partition coefficient (Wildman–Crippen LogP) is 4.31. The number of ketones is 1. The third-order valence-corrected chi connectivity index (χ3v) is 3.74. The Morgan fingerprint density at radius 3 is 1.45 bits per heavy atom. The zero-order chi connectivity index (χ0) is 14.4. The van der Waals surface area contributed by atoms with Crippen LogP contribution in [0.15, 0.2) is 60.7 Å². The normalized spacial score (nSPS) is 13.7. The Bertz CT molecular complexity index is 481. The second-order valence-electron chi connectivity index (χ2n) is 5.58. The van der Waals surface area contributed by atoms with Crippen LogP contribution in [0.25, 0.3) is 0 Å². The van der Waals surface area contributed by atoms with E-state index in [9.17, 15) is 4.79 Å². The molecular weight excluding hydrogens is 244 g/mol. The van der Waals surface area contributed by atoms with Crippen LogP contribution in [0.2, 0.25) is 0 Å². The molecule has 104 valence electrons. The van der Waals surface area contributed by atoms with Crippen molar-refractivity contribution in [2.75, 3.05) is 0 Å². The molecular formula is C19H22O. The van der Waals surface area contributed by atoms with Crippen LogP contribution in [0.4, 0.5) is 0 Å². The van der Waals surface area contributed by atoms with Crippen molar-refractivity contribution in [3.8, 4) is 0 Å². The molecule has 0 N–H and O–H groups in total. The summed E-state index contributed by atoms with van der Waals surface area (Å²) in [5.41, 5.74) is 2.47. The molecule has 0 aromatic heterocycles. The van der Waals surface area contributed by atoms with E-state index in [-0.39, 0.29) is 11.8 Å². The van der Waals surface area contributed by atoms with Crippen molar-refractivity contribution in [3.05, 3.63) is 71.8 Å². The minimum absolute atomic E-state index is 0.0797. The van der Waals surface area contributed by atoms with Gasteiger partial charge in [-0.05, 0) is 24.0 Å². The van der Waals surface area contributed by atoms with Gasteiger partial charge in [0.1, 0.15) is 5.78 Å². The lowest BCUT2D eigenvalue weighted by Crippen LogP contribution is -2.22. The number of carbonyl (C=O) groups is 1. The van der Waals surface area contributed by atoms with Crippen LogP contribution in [0.5, 0.6) is 0 Å². The summed E-state index contributed by atoms with van der Waals surface area (Å²) in [5.74, 6) is 0.518. The number of hydrogen-bond acceptors (Lipinski definition) is 1. The molecule has 0 bridgehead atoms. The molecule has 0 aliphatic carbocycles. The average Bonchev–Trinajstić information content (AvgIpc) is 2.48. The first-order valence-corrected chi connectivity index (χ1v) is 7.28. The molecule has 0 aliphatic heterocycles. The SMILES string of the molecule is CC(Cc1ccccc1)C(=O)[C@H](C)Cc1ccccc1. The summed E-state index contributed by atoms with van der Waals surface area (Å²) in [6.45, 7) is 4.08. The molecule has 0 amide bonds. The number of Topliss-reactive ketones (excluding diaryl/α,β-unsaturated/α-hetero) is 1. The molecule has 20 heavy (non-hydrogen) atoms. The molecule has 0 radical (unpaired) electrons. The Morgan fingerprint density at radius 2 is 1.10 bits per heavy atom. The number of hydrogen-bond donors (Lipinski definition) is 0. The topological polar surface area (TPSA) is 17.1 Å². The Labute approximate surface area is 121 Å². The third-order valence-electron chi connectivity index (χ3n) is 3.74. The van der Waals surface area contributed by atoms with Gasteiger partial charge in [0, 0.05) is 11.8 Å². The lowest BCUT2D eigenvalue weighted by atomic mass is 9.87. The fraction of sp³-hybridized carbons (Fsp3) is 0.316. The highest BCUT2D eigenvalue weighted by Gasteiger charge is 2.20. The van der Waals surface area contributed by atoms with Gasteiger partial charge < -0.3 is 0 Å². The van der Waals surface area contributed by atoms with Crippen LogP contribution < -0.4 is 0 Å². The molecule has 0 fully saturated rings. The van der Waals surface area contributed by atoms with E-state index in [4.69, 9.17) is 0 Å². The summed E-state index contributed by atoms with van der Waals surface area (Å²) in [5, 5.41) is 0. The fourth-order valence-corrected chi connectivity index (χ4v) is 2.62. The molecule has 0 aliphatic rings. The lowest BCUT2D eigenvalue weighted by molar-refractivity contribution is -0.125. The first-order chi connectivity index (χ1) is 9.66. The molecule has 1 unspecified atom stereocenters. The van der Waals surface area contributed by atoms with E-state index in [0.29, 0.717) is 5.78 Å². The minimum atomic E-state index is 0.0797. The first-order valence-electron chi connectivity index (χ1n) is 7.28. The number of carbonyl (C=O) groups excluding carboxylic acids is 1. The van der Waals surface area contributed by atoms with E-state index in [2.05, 4.69) is 24.3 Å². The smallest absolute Gasteiger partial charge is 0.139 e. The summed E-state index contributed by atoms with van der Waals surface area (Å²) in [7, 11) is 0. The van der Waals surface area contributed by atoms with Crippen molar-refractivity contribution in [1.29, 1.82) is 0 Å². The quantitative estimate of drug-likeness (QED) is 0.761. The Kier molecular flexibility index (Phi) is 5.11. The highest BCUT2D eigenvalue weighted by molar-refractivity contribution is 5.83. The second-order valence-corrected chi connectivity index (χ2v) is 5.58. The van der Waals surface area contributed by atoms with E-state index < -0.39 is 0 Å². The van der Waals surface area contributed by atoms with Crippen molar-refractivity contribution in [3.63, 3.8) is 0 Å². The van der Waals surface area contributed by atoms with Gasteiger partial charge in [-0.2, -0.15) is 0 Å². The van der Waals surface area contributed by atoms with Gasteiger partial charge in [0.25, 0.3) is 0 Å². The Morgan fingerprint density at radius 1 is 0.750 bits per heavy atom. The molecule has 0 saturated carbocycles. The Balaban J connectivity index is 1.93. The van der Waals surface area contributed by atoms with E-state index in [0.717, 1.165) is 12.8 Å². The van der Waals surface area contributed by atoms with Gasteiger partial charge in [0.2, 0.25) is 0 Å². The van der Waals surface area contributed by atoms with E-state index in [1.54, 1.807) is 0 Å². The van der Waals surface area contributed by atoms with Gasteiger partial charge in [-0.25, -0.2) is 0 Å². The van der Waals surface area contributed by atoms with E-state index in [1.165, 1.54) is 11.1 Å². The van der Waals surface area contributed by atoms with Crippen LogP contribution in [0.3, 0.4) is 0 Å². The van der Waals surface area contributed by atoms with Crippen molar-refractivity contribution in [2.24, 2.45) is 11.8 Å². The molecule has 1 heteroatoms. The van der Waals surface area contributed by atoms with Crippen LogP contribution >= 0.6 is 0 Å². The summed E-state index contributed by atoms with van der Waals surface area (Å²) >= 11 is 0. The van der Waals surface area contributed by atoms with E-state index >= 15 is 0 Å². The van der Waals surface area contributed by atoms with Crippen LogP contribution in [0, 0.1) is 11.8 Å². The molecule has 0 saturated heterocycles. The third kappa shape index (κ3) is 4.06. The van der Waals surface area contributed by atoms with Crippen LogP contribution in [-0.2, 0) is 17.6 Å². The highest BCUT2D eigenvalue weighted by atomic mass is 16.1. The minimum Gasteiger partial charge on any atom is -0.299 e. The Hall–Kier alpha value is -1.89. The standard InChI is InChI=1S/C19H22O/c1-15(13-17-9-5-3-6-10-17)19(20)16(2)14-18-11-7-4-8-12-18/h3-12,15-16H,13-14H2,1-2H3/t15-,16?/m1/s1. The zero-order valence-corrected chi connectivity index (χ0v) is 12.3. The van der Waals surface area contributed by atoms with Gasteiger partial charge >= 0.3 is 0 Å². The van der Waals surface area contributed by atoms with Crippen molar-refractivity contribution >= 4 is 5.78 Å². The number of benzene rings is 2. The van der Waals surface area contributed by atoms with Crippen molar-refractivity contribution in [2.45, 2.75) is 26.7 Å². The molecule has 2 aromatic carbocycles. The molecule has 1 nitrogen and oxygen atoms in total. The molecule has 2 aromatic rings. The van der Waals surface area contributed by atoms with Gasteiger partial charge in [0.15, 0.2) is 0 Å². The van der Waals surface area contributed by atoms with Crippen LogP contribution in [-0.4, -0.2) is 5.78 Å². The first kappa shape index (κ1) is 14.5. The van der Waals surface area contributed by atoms with Gasteiger partial charge in [-0.3, -0.25) is 4.79 Å². The zero-order valence-electron chi connectivity index (χ0n) is 12.3. The molecule has 2 atom stereocenters. The lowest BCUT2D eigenvalue weighted by Gasteiger charge is -2.16.